The van der Waals surface area contributed by atoms with Gasteiger partial charge in [-0.3, -0.25) is 4.90 Å². The van der Waals surface area contributed by atoms with Crippen molar-refractivity contribution in [3.05, 3.63) is 36.5 Å². The average Bonchev–Trinajstić information content (AvgIpc) is 3.02. The van der Waals surface area contributed by atoms with Crippen molar-refractivity contribution < 1.29 is 24.8 Å². The Morgan fingerprint density at radius 1 is 1.08 bits per heavy atom. The third-order valence-corrected chi connectivity index (χ3v) is 4.18. The standard InChI is InChI=1S/C19H30N2O5/c1-25-10-11-26-15-18(24)13-20(8-9-22)12-17(23)14-21-7-6-16-4-2-3-5-19(16)21/h2-7,17-18,22-24H,8-15H2,1H3/t17-,18+/m1/s1. The Morgan fingerprint density at radius 2 is 1.85 bits per heavy atom. The number of aliphatic hydroxyl groups is 3. The first kappa shape index (κ1) is 20.8. The van der Waals surface area contributed by atoms with Crippen LogP contribution < -0.4 is 0 Å². The second-order valence-corrected chi connectivity index (χ2v) is 6.39. The van der Waals surface area contributed by atoms with Crippen molar-refractivity contribution in [2.75, 3.05) is 53.2 Å². The normalized spacial score (nSPS) is 14.2. The van der Waals surface area contributed by atoms with E-state index in [9.17, 15) is 15.3 Å². The number of aromatic nitrogens is 1. The molecule has 0 radical (unpaired) electrons. The zero-order valence-electron chi connectivity index (χ0n) is 15.3. The highest BCUT2D eigenvalue weighted by Gasteiger charge is 2.16. The summed E-state index contributed by atoms with van der Waals surface area (Å²) >= 11 is 0. The van der Waals surface area contributed by atoms with Crippen LogP contribution in [0.1, 0.15) is 0 Å². The summed E-state index contributed by atoms with van der Waals surface area (Å²) in [7, 11) is 1.60. The number of para-hydroxylation sites is 1. The third-order valence-electron chi connectivity index (χ3n) is 4.18. The molecule has 0 aliphatic rings. The van der Waals surface area contributed by atoms with Gasteiger partial charge in [-0.2, -0.15) is 0 Å². The summed E-state index contributed by atoms with van der Waals surface area (Å²) in [6.07, 6.45) is 0.667. The minimum absolute atomic E-state index is 0.0313. The summed E-state index contributed by atoms with van der Waals surface area (Å²) in [5.41, 5.74) is 1.08. The number of methoxy groups -OCH3 is 1. The van der Waals surface area contributed by atoms with Crippen LogP contribution in [0.5, 0.6) is 0 Å². The number of aliphatic hydroxyl groups excluding tert-OH is 3. The zero-order valence-corrected chi connectivity index (χ0v) is 15.3. The maximum Gasteiger partial charge on any atom is 0.0900 e. The smallest absolute Gasteiger partial charge is 0.0900 e. The molecule has 0 amide bonds. The Morgan fingerprint density at radius 3 is 2.62 bits per heavy atom. The summed E-state index contributed by atoms with van der Waals surface area (Å²) in [4.78, 5) is 1.85. The van der Waals surface area contributed by atoms with Gasteiger partial charge in [0.25, 0.3) is 0 Å². The van der Waals surface area contributed by atoms with Crippen molar-refractivity contribution in [3.63, 3.8) is 0 Å². The van der Waals surface area contributed by atoms with E-state index in [0.717, 1.165) is 10.9 Å². The van der Waals surface area contributed by atoms with Crippen LogP contribution in [0.3, 0.4) is 0 Å². The first-order valence-corrected chi connectivity index (χ1v) is 8.94. The molecule has 7 nitrogen and oxygen atoms in total. The van der Waals surface area contributed by atoms with Crippen LogP contribution in [0.4, 0.5) is 0 Å². The fourth-order valence-corrected chi connectivity index (χ4v) is 2.99. The van der Waals surface area contributed by atoms with Crippen molar-refractivity contribution in [1.82, 2.24) is 9.47 Å². The molecule has 0 bridgehead atoms. The molecule has 146 valence electrons. The van der Waals surface area contributed by atoms with Crippen LogP contribution >= 0.6 is 0 Å². The molecule has 0 unspecified atom stereocenters. The number of ether oxygens (including phenoxy) is 2. The molecule has 0 aliphatic carbocycles. The van der Waals surface area contributed by atoms with E-state index in [1.807, 2.05) is 46.0 Å². The molecule has 0 saturated carbocycles. The maximum atomic E-state index is 10.5. The van der Waals surface area contributed by atoms with Gasteiger partial charge in [-0.15, -0.1) is 0 Å². The highest BCUT2D eigenvalue weighted by Crippen LogP contribution is 2.15. The first-order valence-electron chi connectivity index (χ1n) is 8.94. The summed E-state index contributed by atoms with van der Waals surface area (Å²) in [5, 5.41) is 30.9. The molecule has 2 rings (SSSR count). The number of hydrogen-bond donors (Lipinski definition) is 3. The Hall–Kier alpha value is -1.48. The monoisotopic (exact) mass is 366 g/mol. The number of fused-ring (bicyclic) bond motifs is 1. The van der Waals surface area contributed by atoms with Gasteiger partial charge in [0.2, 0.25) is 0 Å². The van der Waals surface area contributed by atoms with E-state index in [-0.39, 0.29) is 13.2 Å². The van der Waals surface area contributed by atoms with Crippen LogP contribution in [0.2, 0.25) is 0 Å². The minimum atomic E-state index is -0.682. The average molecular weight is 366 g/mol. The van der Waals surface area contributed by atoms with Gasteiger partial charge in [-0.1, -0.05) is 18.2 Å². The van der Waals surface area contributed by atoms with E-state index in [1.165, 1.54) is 0 Å². The fraction of sp³-hybridized carbons (Fsp3) is 0.579. The zero-order chi connectivity index (χ0) is 18.8. The lowest BCUT2D eigenvalue weighted by Crippen LogP contribution is -2.42. The molecule has 2 aromatic rings. The lowest BCUT2D eigenvalue weighted by molar-refractivity contribution is -0.00940. The minimum Gasteiger partial charge on any atom is -0.395 e. The molecule has 0 fully saturated rings. The number of benzene rings is 1. The van der Waals surface area contributed by atoms with E-state index in [2.05, 4.69) is 0 Å². The van der Waals surface area contributed by atoms with E-state index in [4.69, 9.17) is 9.47 Å². The molecular formula is C19H30N2O5. The second kappa shape index (κ2) is 11.3. The quantitative estimate of drug-likeness (QED) is 0.443. The van der Waals surface area contributed by atoms with Gasteiger partial charge in [0.15, 0.2) is 0 Å². The topological polar surface area (TPSA) is 87.3 Å². The van der Waals surface area contributed by atoms with Crippen molar-refractivity contribution in [1.29, 1.82) is 0 Å². The molecule has 2 atom stereocenters. The largest absolute Gasteiger partial charge is 0.395 e. The molecule has 3 N–H and O–H groups in total. The highest BCUT2D eigenvalue weighted by molar-refractivity contribution is 5.79. The molecule has 0 spiro atoms. The Bertz CT molecular complexity index is 633. The van der Waals surface area contributed by atoms with E-state index in [0.29, 0.717) is 39.4 Å². The predicted octanol–water partition coefficient (Wildman–Crippen LogP) is 0.320. The second-order valence-electron chi connectivity index (χ2n) is 6.39. The van der Waals surface area contributed by atoms with Crippen LogP contribution in [0, 0.1) is 0 Å². The third kappa shape index (κ3) is 6.68. The van der Waals surface area contributed by atoms with Gasteiger partial charge < -0.3 is 29.4 Å². The van der Waals surface area contributed by atoms with Gasteiger partial charge in [0.05, 0.1) is 38.6 Å². The lowest BCUT2D eigenvalue weighted by atomic mass is 10.2. The van der Waals surface area contributed by atoms with Crippen LogP contribution in [-0.2, 0) is 16.0 Å². The van der Waals surface area contributed by atoms with Crippen molar-refractivity contribution >= 4 is 10.9 Å². The lowest BCUT2D eigenvalue weighted by Gasteiger charge is -2.27. The Kier molecular flexibility index (Phi) is 9.04. The summed E-state index contributed by atoms with van der Waals surface area (Å²) in [5.74, 6) is 0. The summed E-state index contributed by atoms with van der Waals surface area (Å²) < 4.78 is 12.2. The molecular weight excluding hydrogens is 336 g/mol. The van der Waals surface area contributed by atoms with Crippen LogP contribution in [0.25, 0.3) is 10.9 Å². The maximum absolute atomic E-state index is 10.5. The number of hydrogen-bond acceptors (Lipinski definition) is 6. The predicted molar refractivity (Wildman–Crippen MR) is 100 cm³/mol. The van der Waals surface area contributed by atoms with Gasteiger partial charge in [0.1, 0.15) is 0 Å². The van der Waals surface area contributed by atoms with Gasteiger partial charge in [-0.25, -0.2) is 0 Å². The summed E-state index contributed by atoms with van der Waals surface area (Å²) in [6, 6.07) is 10.0. The van der Waals surface area contributed by atoms with Gasteiger partial charge in [-0.05, 0) is 17.5 Å². The van der Waals surface area contributed by atoms with E-state index in [1.54, 1.807) is 7.11 Å². The Balaban J connectivity index is 1.83. The Labute approximate surface area is 154 Å². The molecule has 1 heterocycles. The number of rotatable bonds is 13. The molecule has 7 heteroatoms. The molecule has 0 saturated heterocycles. The highest BCUT2D eigenvalue weighted by atomic mass is 16.5. The first-order chi connectivity index (χ1) is 12.6. The van der Waals surface area contributed by atoms with E-state index >= 15 is 0 Å². The molecule has 26 heavy (non-hydrogen) atoms. The SMILES string of the molecule is COCCOC[C@@H](O)CN(CCO)C[C@@H](O)Cn1ccc2ccccc21. The van der Waals surface area contributed by atoms with Crippen LogP contribution in [0.15, 0.2) is 36.5 Å². The summed E-state index contributed by atoms with van der Waals surface area (Å²) in [6.45, 7) is 2.61. The van der Waals surface area contributed by atoms with Gasteiger partial charge >= 0.3 is 0 Å². The number of nitrogens with zero attached hydrogens (tertiary/aromatic N) is 2. The van der Waals surface area contributed by atoms with Crippen molar-refractivity contribution in [2.24, 2.45) is 0 Å². The molecule has 1 aromatic carbocycles. The van der Waals surface area contributed by atoms with Crippen molar-refractivity contribution in [3.8, 4) is 0 Å². The van der Waals surface area contributed by atoms with Gasteiger partial charge in [0, 0.05) is 45.0 Å². The van der Waals surface area contributed by atoms with Crippen molar-refractivity contribution in [2.45, 2.75) is 18.8 Å². The van der Waals surface area contributed by atoms with E-state index < -0.39 is 12.2 Å². The molecule has 1 aromatic heterocycles. The van der Waals surface area contributed by atoms with Crippen LogP contribution in [-0.4, -0.2) is 90.2 Å². The molecule has 0 aliphatic heterocycles. The fourth-order valence-electron chi connectivity index (χ4n) is 2.99.